The Morgan fingerprint density at radius 3 is 2.74 bits per heavy atom. The number of halogens is 2. The summed E-state index contributed by atoms with van der Waals surface area (Å²) in [5.41, 5.74) is 0.728. The molecule has 2 aromatic carbocycles. The van der Waals surface area contributed by atoms with Crippen molar-refractivity contribution in [1.82, 2.24) is 0 Å². The first-order valence-corrected chi connectivity index (χ1v) is 10.4. The molecule has 0 saturated heterocycles. The number of carbonyl (C=O) groups is 1. The molecule has 1 amide bonds. The maximum Gasteiger partial charge on any atom is 0.225 e. The molecule has 6 nitrogen and oxygen atoms in total. The third-order valence-corrected chi connectivity index (χ3v) is 5.67. The predicted molar refractivity (Wildman–Crippen MR) is 99.6 cm³/mol. The van der Waals surface area contributed by atoms with Gasteiger partial charge in [0.05, 0.1) is 16.5 Å². The lowest BCUT2D eigenvalue weighted by atomic mass is 10.2. The fourth-order valence-corrected chi connectivity index (χ4v) is 4.21. The zero-order valence-electron chi connectivity index (χ0n) is 14.2. The van der Waals surface area contributed by atoms with Gasteiger partial charge in [0.15, 0.2) is 21.3 Å². The van der Waals surface area contributed by atoms with Crippen molar-refractivity contribution in [1.29, 1.82) is 0 Å². The summed E-state index contributed by atoms with van der Waals surface area (Å²) in [4.78, 5) is 11.9. The number of ether oxygens (including phenoxy) is 2. The van der Waals surface area contributed by atoms with Crippen molar-refractivity contribution in [3.8, 4) is 11.5 Å². The highest BCUT2D eigenvalue weighted by atomic mass is 35.5. The first-order valence-electron chi connectivity index (χ1n) is 8.16. The predicted octanol–water partition coefficient (Wildman–Crippen LogP) is 3.19. The number of carbonyl (C=O) groups excluding carboxylic acids is 1. The number of rotatable bonds is 6. The second-order valence-electron chi connectivity index (χ2n) is 6.00. The van der Waals surface area contributed by atoms with Crippen LogP contribution in [0.3, 0.4) is 0 Å². The molecule has 144 valence electrons. The summed E-state index contributed by atoms with van der Waals surface area (Å²) in [5, 5.41) is 2.75. The standard InChI is InChI=1S/C18H17ClFNO5S/c19-15-8-12(9-16-18(15)26-6-5-25-16)11-27(23,24)7-4-17(22)21-14-3-1-2-13(20)10-14/h1-3,8-10H,4-7,11H2,(H,21,22). The zero-order valence-corrected chi connectivity index (χ0v) is 15.8. The number of hydrogen-bond acceptors (Lipinski definition) is 5. The Balaban J connectivity index is 1.60. The molecule has 0 fully saturated rings. The van der Waals surface area contributed by atoms with Gasteiger partial charge in [-0.2, -0.15) is 0 Å². The van der Waals surface area contributed by atoms with E-state index in [-0.39, 0.29) is 28.6 Å². The quantitative estimate of drug-likeness (QED) is 0.786. The summed E-state index contributed by atoms with van der Waals surface area (Å²) in [6.45, 7) is 0.741. The van der Waals surface area contributed by atoms with Crippen LogP contribution in [0.4, 0.5) is 10.1 Å². The fourth-order valence-electron chi connectivity index (χ4n) is 2.61. The van der Waals surface area contributed by atoms with Crippen LogP contribution in [0.25, 0.3) is 0 Å². The highest BCUT2D eigenvalue weighted by Crippen LogP contribution is 2.38. The Morgan fingerprint density at radius 2 is 1.96 bits per heavy atom. The van der Waals surface area contributed by atoms with Crippen molar-refractivity contribution >= 4 is 33.0 Å². The highest BCUT2D eigenvalue weighted by molar-refractivity contribution is 7.90. The molecule has 3 rings (SSSR count). The van der Waals surface area contributed by atoms with Crippen LogP contribution >= 0.6 is 11.6 Å². The molecular formula is C18H17ClFNO5S. The van der Waals surface area contributed by atoms with Crippen LogP contribution in [0.2, 0.25) is 5.02 Å². The minimum atomic E-state index is -3.56. The zero-order chi connectivity index (χ0) is 19.4. The van der Waals surface area contributed by atoms with Crippen LogP contribution in [0.1, 0.15) is 12.0 Å². The van der Waals surface area contributed by atoms with E-state index in [1.165, 1.54) is 24.3 Å². The molecule has 0 atom stereocenters. The van der Waals surface area contributed by atoms with E-state index in [1.54, 1.807) is 6.07 Å². The monoisotopic (exact) mass is 413 g/mol. The normalized spacial score (nSPS) is 13.3. The molecule has 27 heavy (non-hydrogen) atoms. The number of nitrogens with one attached hydrogen (secondary N) is 1. The summed E-state index contributed by atoms with van der Waals surface area (Å²) in [6, 6.07) is 8.46. The first kappa shape index (κ1) is 19.4. The summed E-state index contributed by atoms with van der Waals surface area (Å²) in [7, 11) is -3.56. The molecule has 0 aliphatic carbocycles. The van der Waals surface area contributed by atoms with Gasteiger partial charge in [-0.1, -0.05) is 17.7 Å². The number of amides is 1. The van der Waals surface area contributed by atoms with Crippen molar-refractivity contribution in [3.05, 3.63) is 52.8 Å². The Bertz CT molecular complexity index is 964. The van der Waals surface area contributed by atoms with Crippen molar-refractivity contribution < 1.29 is 27.1 Å². The van der Waals surface area contributed by atoms with E-state index in [4.69, 9.17) is 21.1 Å². The Kier molecular flexibility index (Phi) is 5.86. The molecule has 1 aliphatic rings. The number of anilines is 1. The van der Waals surface area contributed by atoms with Gasteiger partial charge in [0.1, 0.15) is 19.0 Å². The van der Waals surface area contributed by atoms with Crippen LogP contribution in [0, 0.1) is 5.82 Å². The van der Waals surface area contributed by atoms with Crippen LogP contribution in [-0.4, -0.2) is 33.3 Å². The van der Waals surface area contributed by atoms with Gasteiger partial charge in [-0.3, -0.25) is 4.79 Å². The topological polar surface area (TPSA) is 81.7 Å². The lowest BCUT2D eigenvalue weighted by molar-refractivity contribution is -0.115. The SMILES string of the molecule is O=C(CCS(=O)(=O)Cc1cc(Cl)c2c(c1)OCCO2)Nc1cccc(F)c1. The summed E-state index contributed by atoms with van der Waals surface area (Å²) in [5.74, 6) is -0.821. The Morgan fingerprint density at radius 1 is 1.19 bits per heavy atom. The largest absolute Gasteiger partial charge is 0.486 e. The third-order valence-electron chi connectivity index (χ3n) is 3.79. The summed E-state index contributed by atoms with van der Waals surface area (Å²) >= 11 is 6.11. The Labute approximate surface area is 161 Å². The van der Waals surface area contributed by atoms with Gasteiger partial charge >= 0.3 is 0 Å². The van der Waals surface area contributed by atoms with Gasteiger partial charge in [0, 0.05) is 12.1 Å². The van der Waals surface area contributed by atoms with Crippen LogP contribution in [-0.2, 0) is 20.4 Å². The molecule has 0 spiro atoms. The van der Waals surface area contributed by atoms with E-state index in [0.717, 1.165) is 6.07 Å². The number of hydrogen-bond donors (Lipinski definition) is 1. The van der Waals surface area contributed by atoms with Crippen LogP contribution in [0.5, 0.6) is 11.5 Å². The maximum absolute atomic E-state index is 13.1. The van der Waals surface area contributed by atoms with E-state index >= 15 is 0 Å². The average molecular weight is 414 g/mol. The van der Waals surface area contributed by atoms with Gasteiger partial charge in [-0.25, -0.2) is 12.8 Å². The molecular weight excluding hydrogens is 397 g/mol. The molecule has 9 heteroatoms. The highest BCUT2D eigenvalue weighted by Gasteiger charge is 2.20. The second kappa shape index (κ2) is 8.14. The van der Waals surface area contributed by atoms with E-state index in [9.17, 15) is 17.6 Å². The minimum Gasteiger partial charge on any atom is -0.486 e. The van der Waals surface area contributed by atoms with E-state index in [2.05, 4.69) is 5.32 Å². The first-order chi connectivity index (χ1) is 12.8. The molecule has 0 saturated carbocycles. The van der Waals surface area contributed by atoms with E-state index < -0.39 is 21.6 Å². The van der Waals surface area contributed by atoms with Crippen molar-refractivity contribution in [2.75, 3.05) is 24.3 Å². The van der Waals surface area contributed by atoms with Crippen LogP contribution < -0.4 is 14.8 Å². The fraction of sp³-hybridized carbons (Fsp3) is 0.278. The second-order valence-corrected chi connectivity index (χ2v) is 8.59. The lowest BCUT2D eigenvalue weighted by Gasteiger charge is -2.20. The summed E-state index contributed by atoms with van der Waals surface area (Å²) in [6.07, 6.45) is -0.239. The van der Waals surface area contributed by atoms with Crippen LogP contribution in [0.15, 0.2) is 36.4 Å². The smallest absolute Gasteiger partial charge is 0.225 e. The van der Waals surface area contributed by atoms with Gasteiger partial charge < -0.3 is 14.8 Å². The number of sulfone groups is 1. The van der Waals surface area contributed by atoms with Gasteiger partial charge in [-0.15, -0.1) is 0 Å². The molecule has 0 unspecified atom stereocenters. The molecule has 1 N–H and O–H groups in total. The number of fused-ring (bicyclic) bond motifs is 1. The van der Waals surface area contributed by atoms with Crippen molar-refractivity contribution in [3.63, 3.8) is 0 Å². The van der Waals surface area contributed by atoms with Gasteiger partial charge in [-0.05, 0) is 35.9 Å². The van der Waals surface area contributed by atoms with Crippen molar-refractivity contribution in [2.24, 2.45) is 0 Å². The third kappa shape index (κ3) is 5.33. The summed E-state index contributed by atoms with van der Waals surface area (Å²) < 4.78 is 48.6. The number of benzene rings is 2. The van der Waals surface area contributed by atoms with E-state index in [1.807, 2.05) is 0 Å². The molecule has 1 aliphatic heterocycles. The van der Waals surface area contributed by atoms with Crippen molar-refractivity contribution in [2.45, 2.75) is 12.2 Å². The van der Waals surface area contributed by atoms with E-state index in [0.29, 0.717) is 30.3 Å². The molecule has 2 aromatic rings. The maximum atomic E-state index is 13.1. The average Bonchev–Trinajstić information content (AvgIpc) is 2.60. The molecule has 0 radical (unpaired) electrons. The van der Waals surface area contributed by atoms with Gasteiger partial charge in [0.25, 0.3) is 0 Å². The molecule has 1 heterocycles. The molecule has 0 bridgehead atoms. The van der Waals surface area contributed by atoms with Gasteiger partial charge in [0.2, 0.25) is 5.91 Å². The molecule has 0 aromatic heterocycles. The Hall–Kier alpha value is -2.32. The lowest BCUT2D eigenvalue weighted by Crippen LogP contribution is -2.19. The minimum absolute atomic E-state index is 0.239.